The van der Waals surface area contributed by atoms with Gasteiger partial charge in [-0.05, 0) is 43.1 Å². The smallest absolute Gasteiger partial charge is 0.317 e. The van der Waals surface area contributed by atoms with Crippen molar-refractivity contribution in [2.45, 2.75) is 20.3 Å². The lowest BCUT2D eigenvalue weighted by molar-refractivity contribution is 0.135. The van der Waals surface area contributed by atoms with Gasteiger partial charge in [0.1, 0.15) is 18.1 Å². The summed E-state index contributed by atoms with van der Waals surface area (Å²) >= 11 is 0. The van der Waals surface area contributed by atoms with Crippen molar-refractivity contribution >= 4 is 6.03 Å². The summed E-state index contributed by atoms with van der Waals surface area (Å²) < 4.78 is 10.7. The molecule has 25 heavy (non-hydrogen) atoms. The Morgan fingerprint density at radius 3 is 2.36 bits per heavy atom. The third-order valence-electron chi connectivity index (χ3n) is 4.39. The molecule has 0 atom stereocenters. The van der Waals surface area contributed by atoms with Crippen molar-refractivity contribution in [2.75, 3.05) is 53.0 Å². The van der Waals surface area contributed by atoms with E-state index in [1.165, 1.54) is 6.42 Å². The average Bonchev–Trinajstić information content (AvgIpc) is 2.64. The number of piperazine rings is 1. The SMILES string of the molecule is COc1ccc(OCCNC(=O)N2CCN(CCC(C)C)CC2)cc1. The summed E-state index contributed by atoms with van der Waals surface area (Å²) in [6, 6.07) is 7.43. The summed E-state index contributed by atoms with van der Waals surface area (Å²) in [5, 5.41) is 2.93. The molecule has 1 fully saturated rings. The summed E-state index contributed by atoms with van der Waals surface area (Å²) in [6.45, 7) is 10.1. The van der Waals surface area contributed by atoms with E-state index in [1.54, 1.807) is 7.11 Å². The normalized spacial score (nSPS) is 15.3. The molecule has 1 aromatic rings. The van der Waals surface area contributed by atoms with Gasteiger partial charge in [-0.15, -0.1) is 0 Å². The van der Waals surface area contributed by atoms with Gasteiger partial charge in [0.15, 0.2) is 0 Å². The number of urea groups is 1. The molecular weight excluding hydrogens is 318 g/mol. The first kappa shape index (κ1) is 19.4. The molecule has 0 saturated carbocycles. The number of benzene rings is 1. The number of ether oxygens (including phenoxy) is 2. The molecule has 6 nitrogen and oxygen atoms in total. The molecule has 140 valence electrons. The third kappa shape index (κ3) is 6.82. The zero-order valence-corrected chi connectivity index (χ0v) is 15.7. The van der Waals surface area contributed by atoms with Gasteiger partial charge in [-0.2, -0.15) is 0 Å². The minimum Gasteiger partial charge on any atom is -0.497 e. The summed E-state index contributed by atoms with van der Waals surface area (Å²) in [6.07, 6.45) is 1.22. The lowest BCUT2D eigenvalue weighted by Gasteiger charge is -2.35. The lowest BCUT2D eigenvalue weighted by atomic mass is 10.1. The molecule has 2 amide bonds. The van der Waals surface area contributed by atoms with Crippen LogP contribution in [-0.4, -0.2) is 68.8 Å². The summed E-state index contributed by atoms with van der Waals surface area (Å²) in [5.41, 5.74) is 0. The van der Waals surface area contributed by atoms with Crippen molar-refractivity contribution in [3.05, 3.63) is 24.3 Å². The van der Waals surface area contributed by atoms with Crippen LogP contribution in [0.4, 0.5) is 4.79 Å². The number of nitrogens with one attached hydrogen (secondary N) is 1. The first-order valence-electron chi connectivity index (χ1n) is 9.10. The van der Waals surface area contributed by atoms with Crippen molar-refractivity contribution in [3.63, 3.8) is 0 Å². The second-order valence-corrected chi connectivity index (χ2v) is 6.77. The van der Waals surface area contributed by atoms with Crippen LogP contribution >= 0.6 is 0 Å². The molecular formula is C19H31N3O3. The van der Waals surface area contributed by atoms with E-state index in [1.807, 2.05) is 29.2 Å². The van der Waals surface area contributed by atoms with E-state index in [0.717, 1.165) is 50.1 Å². The Balaban J connectivity index is 1.59. The van der Waals surface area contributed by atoms with E-state index < -0.39 is 0 Å². The van der Waals surface area contributed by atoms with Gasteiger partial charge in [0.25, 0.3) is 0 Å². The molecule has 0 bridgehead atoms. The number of carbonyl (C=O) groups excluding carboxylic acids is 1. The highest BCUT2D eigenvalue weighted by Gasteiger charge is 2.20. The van der Waals surface area contributed by atoms with Crippen LogP contribution in [0.3, 0.4) is 0 Å². The third-order valence-corrected chi connectivity index (χ3v) is 4.39. The largest absolute Gasteiger partial charge is 0.497 e. The zero-order valence-electron chi connectivity index (χ0n) is 15.7. The number of amides is 2. The number of methoxy groups -OCH3 is 1. The lowest BCUT2D eigenvalue weighted by Crippen LogP contribution is -2.52. The quantitative estimate of drug-likeness (QED) is 0.733. The number of hydrogen-bond acceptors (Lipinski definition) is 4. The van der Waals surface area contributed by atoms with Gasteiger partial charge >= 0.3 is 6.03 Å². The van der Waals surface area contributed by atoms with Crippen LogP contribution in [0.25, 0.3) is 0 Å². The second kappa shape index (κ2) is 10.1. The van der Waals surface area contributed by atoms with Crippen LogP contribution < -0.4 is 14.8 Å². The van der Waals surface area contributed by atoms with Crippen LogP contribution in [0.5, 0.6) is 11.5 Å². The first-order chi connectivity index (χ1) is 12.1. The topological polar surface area (TPSA) is 54.0 Å². The summed E-state index contributed by atoms with van der Waals surface area (Å²) in [7, 11) is 1.63. The molecule has 0 aromatic heterocycles. The Morgan fingerprint density at radius 2 is 1.76 bits per heavy atom. The van der Waals surface area contributed by atoms with Gasteiger partial charge in [0.2, 0.25) is 0 Å². The molecule has 1 N–H and O–H groups in total. The van der Waals surface area contributed by atoms with Crippen LogP contribution in [0.15, 0.2) is 24.3 Å². The highest BCUT2D eigenvalue weighted by molar-refractivity contribution is 5.74. The second-order valence-electron chi connectivity index (χ2n) is 6.77. The van der Waals surface area contributed by atoms with Crippen molar-refractivity contribution in [3.8, 4) is 11.5 Å². The molecule has 6 heteroatoms. The van der Waals surface area contributed by atoms with Crippen molar-refractivity contribution in [1.82, 2.24) is 15.1 Å². The van der Waals surface area contributed by atoms with Crippen molar-refractivity contribution in [1.29, 1.82) is 0 Å². The molecule has 0 aliphatic carbocycles. The minimum absolute atomic E-state index is 0.00170. The number of hydrogen-bond donors (Lipinski definition) is 1. The highest BCUT2D eigenvalue weighted by Crippen LogP contribution is 2.16. The minimum atomic E-state index is 0.00170. The van der Waals surface area contributed by atoms with Gasteiger partial charge in [-0.1, -0.05) is 13.8 Å². The fourth-order valence-electron chi connectivity index (χ4n) is 2.73. The Morgan fingerprint density at radius 1 is 1.12 bits per heavy atom. The highest BCUT2D eigenvalue weighted by atomic mass is 16.5. The molecule has 0 radical (unpaired) electrons. The average molecular weight is 349 g/mol. The van der Waals surface area contributed by atoms with E-state index in [0.29, 0.717) is 13.2 Å². The molecule has 1 aliphatic heterocycles. The van der Waals surface area contributed by atoms with Gasteiger partial charge in [0, 0.05) is 26.2 Å². The van der Waals surface area contributed by atoms with Gasteiger partial charge in [-0.3, -0.25) is 4.90 Å². The van der Waals surface area contributed by atoms with E-state index >= 15 is 0 Å². The van der Waals surface area contributed by atoms with Crippen molar-refractivity contribution in [2.24, 2.45) is 5.92 Å². The Bertz CT molecular complexity index is 511. The maximum atomic E-state index is 12.2. The predicted octanol–water partition coefficient (Wildman–Crippen LogP) is 2.45. The van der Waals surface area contributed by atoms with E-state index in [2.05, 4.69) is 24.1 Å². The first-order valence-corrected chi connectivity index (χ1v) is 9.10. The van der Waals surface area contributed by atoms with Gasteiger partial charge in [-0.25, -0.2) is 4.79 Å². The number of carbonyl (C=O) groups is 1. The van der Waals surface area contributed by atoms with Crippen molar-refractivity contribution < 1.29 is 14.3 Å². The maximum Gasteiger partial charge on any atom is 0.317 e. The fourth-order valence-corrected chi connectivity index (χ4v) is 2.73. The Labute approximate surface area is 151 Å². The molecule has 1 aromatic carbocycles. The number of rotatable bonds is 8. The van der Waals surface area contributed by atoms with Gasteiger partial charge in [0.05, 0.1) is 13.7 Å². The van der Waals surface area contributed by atoms with E-state index in [4.69, 9.17) is 9.47 Å². The molecule has 0 unspecified atom stereocenters. The Hall–Kier alpha value is -1.95. The van der Waals surface area contributed by atoms with Crippen LogP contribution in [0.1, 0.15) is 20.3 Å². The molecule has 0 spiro atoms. The molecule has 2 rings (SSSR count). The molecule has 1 saturated heterocycles. The monoisotopic (exact) mass is 349 g/mol. The zero-order chi connectivity index (χ0) is 18.1. The van der Waals surface area contributed by atoms with Crippen LogP contribution in [-0.2, 0) is 0 Å². The van der Waals surface area contributed by atoms with E-state index in [-0.39, 0.29) is 6.03 Å². The van der Waals surface area contributed by atoms with Crippen LogP contribution in [0.2, 0.25) is 0 Å². The molecule has 1 heterocycles. The standard InChI is InChI=1S/C19H31N3O3/c1-16(2)8-10-21-11-13-22(14-12-21)19(23)20-9-15-25-18-6-4-17(24-3)5-7-18/h4-7,16H,8-15H2,1-3H3,(H,20,23). The molecule has 1 aliphatic rings. The summed E-state index contributed by atoms with van der Waals surface area (Å²) in [4.78, 5) is 16.5. The fraction of sp³-hybridized carbons (Fsp3) is 0.632. The summed E-state index contributed by atoms with van der Waals surface area (Å²) in [5.74, 6) is 2.30. The van der Waals surface area contributed by atoms with Gasteiger partial charge < -0.3 is 19.7 Å². The number of nitrogens with zero attached hydrogens (tertiary/aromatic N) is 2. The maximum absolute atomic E-state index is 12.2. The van der Waals surface area contributed by atoms with Crippen LogP contribution in [0, 0.1) is 5.92 Å². The van der Waals surface area contributed by atoms with E-state index in [9.17, 15) is 4.79 Å². The Kier molecular flexibility index (Phi) is 7.85. The predicted molar refractivity (Wildman–Crippen MR) is 99.4 cm³/mol.